The van der Waals surface area contributed by atoms with Gasteiger partial charge in [-0.15, -0.1) is 0 Å². The molecule has 0 aliphatic rings. The predicted molar refractivity (Wildman–Crippen MR) is 288 cm³/mol. The van der Waals surface area contributed by atoms with E-state index in [0.717, 1.165) is 103 Å². The molecule has 0 rings (SSSR count). The summed E-state index contributed by atoms with van der Waals surface area (Å²) in [5, 5.41) is 0. The first kappa shape index (κ1) is 63.8. The molecule has 6 nitrogen and oxygen atoms in total. The maximum Gasteiger partial charge on any atom is 0.306 e. The number of ether oxygens (including phenoxy) is 3. The fraction of sp³-hybridized carbons (Fsp3) is 0.754. The summed E-state index contributed by atoms with van der Waals surface area (Å²) >= 11 is 0. The van der Waals surface area contributed by atoms with E-state index in [-0.39, 0.29) is 31.1 Å². The van der Waals surface area contributed by atoms with Crippen LogP contribution in [-0.2, 0) is 28.6 Å². The number of esters is 3. The van der Waals surface area contributed by atoms with Crippen molar-refractivity contribution in [1.29, 1.82) is 0 Å². The molecule has 0 aromatic rings. The Balaban J connectivity index is 4.11. The van der Waals surface area contributed by atoms with Crippen LogP contribution in [0.25, 0.3) is 0 Å². The number of carbonyl (C=O) groups excluding carboxylic acids is 3. The summed E-state index contributed by atoms with van der Waals surface area (Å²) < 4.78 is 16.7. The number of allylic oxidation sites excluding steroid dienone is 12. The first-order valence-electron chi connectivity index (χ1n) is 28.4. The minimum absolute atomic E-state index is 0.0777. The van der Waals surface area contributed by atoms with Crippen molar-refractivity contribution in [2.24, 2.45) is 0 Å². The molecule has 0 aliphatic heterocycles. The molecule has 0 aromatic heterocycles. The normalized spacial score (nSPS) is 12.6. The molecule has 0 heterocycles. The Morgan fingerprint density at radius 1 is 0.313 bits per heavy atom. The van der Waals surface area contributed by atoms with Gasteiger partial charge in [-0.25, -0.2) is 0 Å². The van der Waals surface area contributed by atoms with E-state index >= 15 is 0 Å². The van der Waals surface area contributed by atoms with Crippen LogP contribution in [0.3, 0.4) is 0 Å². The molecule has 1 unspecified atom stereocenters. The van der Waals surface area contributed by atoms with E-state index in [1.807, 2.05) is 0 Å². The van der Waals surface area contributed by atoms with Gasteiger partial charge in [0.1, 0.15) is 13.2 Å². The molecule has 0 saturated carbocycles. The Bertz CT molecular complexity index is 1260. The minimum atomic E-state index is -0.775. The smallest absolute Gasteiger partial charge is 0.306 e. The summed E-state index contributed by atoms with van der Waals surface area (Å²) in [5.74, 6) is -0.893. The van der Waals surface area contributed by atoms with Crippen LogP contribution in [0.5, 0.6) is 0 Å². The second-order valence-electron chi connectivity index (χ2n) is 18.8. The third-order valence-corrected chi connectivity index (χ3v) is 12.2. The molecule has 0 saturated heterocycles. The Morgan fingerprint density at radius 3 is 0.925 bits per heavy atom. The number of carbonyl (C=O) groups is 3. The van der Waals surface area contributed by atoms with Crippen LogP contribution in [-0.4, -0.2) is 37.2 Å². The number of rotatable bonds is 51. The van der Waals surface area contributed by atoms with E-state index in [9.17, 15) is 14.4 Å². The first-order valence-corrected chi connectivity index (χ1v) is 28.4. The molecule has 0 fully saturated rings. The molecular formula is C61H106O6. The van der Waals surface area contributed by atoms with Gasteiger partial charge in [-0.2, -0.15) is 0 Å². The zero-order valence-electron chi connectivity index (χ0n) is 44.2. The van der Waals surface area contributed by atoms with Gasteiger partial charge in [0.05, 0.1) is 0 Å². The number of hydrogen-bond acceptors (Lipinski definition) is 6. The number of unbranched alkanes of at least 4 members (excludes halogenated alkanes) is 28. The van der Waals surface area contributed by atoms with Gasteiger partial charge in [0.25, 0.3) is 0 Å². The first-order chi connectivity index (χ1) is 33.0. The van der Waals surface area contributed by atoms with E-state index in [0.29, 0.717) is 19.3 Å². The molecular weight excluding hydrogens is 829 g/mol. The Kier molecular flexibility index (Phi) is 52.8. The van der Waals surface area contributed by atoms with Crippen LogP contribution in [0.4, 0.5) is 0 Å². The molecule has 386 valence electrons. The van der Waals surface area contributed by atoms with E-state index in [2.05, 4.69) is 93.7 Å². The lowest BCUT2D eigenvalue weighted by Gasteiger charge is -2.18. The zero-order valence-corrected chi connectivity index (χ0v) is 44.2. The maximum atomic E-state index is 12.8. The average Bonchev–Trinajstić information content (AvgIpc) is 3.33. The quantitative estimate of drug-likeness (QED) is 0.0262. The highest BCUT2D eigenvalue weighted by Gasteiger charge is 2.19. The molecule has 0 aliphatic carbocycles. The molecule has 1 atom stereocenters. The minimum Gasteiger partial charge on any atom is -0.462 e. The van der Waals surface area contributed by atoms with Crippen molar-refractivity contribution in [3.63, 3.8) is 0 Å². The molecule has 6 heteroatoms. The highest BCUT2D eigenvalue weighted by atomic mass is 16.6. The summed E-state index contributed by atoms with van der Waals surface area (Å²) in [4.78, 5) is 37.8. The SMILES string of the molecule is CC/C=C\C/C=C\C/C=C\C/C=C\C/C=C\CCCCCCCCCCCC(=O)OCC(COC(=O)CCCCCCC)OC(=O)CCCCCCCCCCC/C=C\CCCCCCCC. The fourth-order valence-electron chi connectivity index (χ4n) is 7.93. The van der Waals surface area contributed by atoms with Gasteiger partial charge >= 0.3 is 17.9 Å². The molecule has 0 amide bonds. The monoisotopic (exact) mass is 935 g/mol. The van der Waals surface area contributed by atoms with Crippen molar-refractivity contribution in [2.75, 3.05) is 13.2 Å². The Morgan fingerprint density at radius 2 is 0.582 bits per heavy atom. The topological polar surface area (TPSA) is 78.9 Å². The van der Waals surface area contributed by atoms with Crippen LogP contribution >= 0.6 is 0 Å². The Hall–Kier alpha value is -3.15. The number of hydrogen-bond donors (Lipinski definition) is 0. The van der Waals surface area contributed by atoms with Crippen LogP contribution in [0.15, 0.2) is 72.9 Å². The third kappa shape index (κ3) is 53.7. The van der Waals surface area contributed by atoms with Crippen LogP contribution in [0.1, 0.15) is 278 Å². The summed E-state index contributed by atoms with van der Waals surface area (Å²) in [5.41, 5.74) is 0. The van der Waals surface area contributed by atoms with Crippen molar-refractivity contribution in [3.8, 4) is 0 Å². The summed E-state index contributed by atoms with van der Waals surface area (Å²) in [7, 11) is 0. The van der Waals surface area contributed by atoms with Crippen LogP contribution < -0.4 is 0 Å². The summed E-state index contributed by atoms with van der Waals surface area (Å²) in [6.45, 7) is 6.45. The molecule has 67 heavy (non-hydrogen) atoms. The molecule has 0 radical (unpaired) electrons. The van der Waals surface area contributed by atoms with Crippen LogP contribution in [0.2, 0.25) is 0 Å². The van der Waals surface area contributed by atoms with Gasteiger partial charge in [0, 0.05) is 19.3 Å². The Labute approximate surface area is 414 Å². The highest BCUT2D eigenvalue weighted by molar-refractivity contribution is 5.71. The van der Waals surface area contributed by atoms with Crippen molar-refractivity contribution >= 4 is 17.9 Å². The highest BCUT2D eigenvalue weighted by Crippen LogP contribution is 2.15. The second kappa shape index (κ2) is 55.4. The van der Waals surface area contributed by atoms with E-state index in [4.69, 9.17) is 14.2 Å². The van der Waals surface area contributed by atoms with Crippen molar-refractivity contribution in [1.82, 2.24) is 0 Å². The average molecular weight is 936 g/mol. The summed E-state index contributed by atoms with van der Waals surface area (Å²) in [6.07, 6.45) is 70.8. The van der Waals surface area contributed by atoms with E-state index in [1.54, 1.807) is 0 Å². The molecule has 0 N–H and O–H groups in total. The third-order valence-electron chi connectivity index (χ3n) is 12.2. The second-order valence-corrected chi connectivity index (χ2v) is 18.8. The molecule has 0 bridgehead atoms. The predicted octanol–water partition coefficient (Wildman–Crippen LogP) is 19.0. The van der Waals surface area contributed by atoms with Gasteiger partial charge in [0.15, 0.2) is 6.10 Å². The van der Waals surface area contributed by atoms with Gasteiger partial charge < -0.3 is 14.2 Å². The molecule has 0 spiro atoms. The molecule has 0 aromatic carbocycles. The van der Waals surface area contributed by atoms with Gasteiger partial charge in [-0.05, 0) is 89.9 Å². The largest absolute Gasteiger partial charge is 0.462 e. The lowest BCUT2D eigenvalue weighted by atomic mass is 10.1. The van der Waals surface area contributed by atoms with Crippen molar-refractivity contribution in [3.05, 3.63) is 72.9 Å². The van der Waals surface area contributed by atoms with E-state index < -0.39 is 6.10 Å². The maximum absolute atomic E-state index is 12.8. The standard InChI is InChI=1S/C61H106O6/c1-4-7-10-13-15-17-19-21-23-25-27-28-29-30-31-32-34-35-37-39-41-43-45-48-51-54-60(63)66-57-58(56-65-59(62)53-50-47-12-9-6-3)67-61(64)55-52-49-46-44-42-40-38-36-33-26-24-22-20-18-16-14-11-8-5-2/h7,10,15,17,21-24,27-28,30-31,58H,4-6,8-9,11-14,16,18-20,25-26,29,32-57H2,1-3H3/b10-7-,17-15-,23-21-,24-22-,28-27-,31-30-. The lowest BCUT2D eigenvalue weighted by Crippen LogP contribution is -2.30. The van der Waals surface area contributed by atoms with Crippen LogP contribution in [0, 0.1) is 0 Å². The zero-order chi connectivity index (χ0) is 48.6. The van der Waals surface area contributed by atoms with Crippen molar-refractivity contribution < 1.29 is 28.6 Å². The van der Waals surface area contributed by atoms with E-state index in [1.165, 1.54) is 135 Å². The van der Waals surface area contributed by atoms with Gasteiger partial charge in [-0.1, -0.05) is 241 Å². The summed E-state index contributed by atoms with van der Waals surface area (Å²) in [6, 6.07) is 0. The van der Waals surface area contributed by atoms with Gasteiger partial charge in [0.2, 0.25) is 0 Å². The van der Waals surface area contributed by atoms with Crippen molar-refractivity contribution in [2.45, 2.75) is 284 Å². The van der Waals surface area contributed by atoms with Gasteiger partial charge in [-0.3, -0.25) is 14.4 Å². The fourth-order valence-corrected chi connectivity index (χ4v) is 7.93. The lowest BCUT2D eigenvalue weighted by molar-refractivity contribution is -0.167.